The molecule has 0 aliphatic heterocycles. The fourth-order valence-corrected chi connectivity index (χ4v) is 1.63. The van der Waals surface area contributed by atoms with Crippen molar-refractivity contribution < 1.29 is 9.84 Å². The highest BCUT2D eigenvalue weighted by molar-refractivity contribution is 5.38. The second-order valence-electron chi connectivity index (χ2n) is 4.54. The van der Waals surface area contributed by atoms with Gasteiger partial charge in [-0.2, -0.15) is 0 Å². The number of rotatable bonds is 6. The molecule has 0 spiro atoms. The fraction of sp³-hybridized carbons (Fsp3) is 0.571. The second kappa shape index (κ2) is 6.62. The molecular formula is C14H23NO2. The topological polar surface area (TPSA) is 41.5 Å². The van der Waals surface area contributed by atoms with Gasteiger partial charge in [-0.3, -0.25) is 0 Å². The van der Waals surface area contributed by atoms with E-state index < -0.39 is 0 Å². The first-order chi connectivity index (χ1) is 8.04. The van der Waals surface area contributed by atoms with E-state index in [0.717, 1.165) is 11.3 Å². The van der Waals surface area contributed by atoms with Crippen LogP contribution in [0.3, 0.4) is 0 Å². The van der Waals surface area contributed by atoms with Crippen LogP contribution in [-0.4, -0.2) is 24.9 Å². The molecule has 0 bridgehead atoms. The quantitative estimate of drug-likeness (QED) is 0.798. The van der Waals surface area contributed by atoms with Crippen molar-refractivity contribution in [3.63, 3.8) is 0 Å². The van der Waals surface area contributed by atoms with Crippen molar-refractivity contribution in [1.82, 2.24) is 5.32 Å². The molecule has 0 saturated carbocycles. The lowest BCUT2D eigenvalue weighted by atomic mass is 10.0. The summed E-state index contributed by atoms with van der Waals surface area (Å²) < 4.78 is 5.73. The highest BCUT2D eigenvalue weighted by Gasteiger charge is 2.10. The molecule has 0 heterocycles. The van der Waals surface area contributed by atoms with Crippen molar-refractivity contribution in [3.05, 3.63) is 29.3 Å². The van der Waals surface area contributed by atoms with Crippen molar-refractivity contribution in [1.29, 1.82) is 0 Å². The number of aliphatic hydroxyl groups is 1. The average molecular weight is 237 g/mol. The van der Waals surface area contributed by atoms with Gasteiger partial charge in [-0.05, 0) is 33.9 Å². The molecule has 0 aliphatic rings. The lowest BCUT2D eigenvalue weighted by Crippen LogP contribution is -2.15. The first-order valence-electron chi connectivity index (χ1n) is 6.13. The van der Waals surface area contributed by atoms with Crippen LogP contribution in [0.5, 0.6) is 5.75 Å². The Kier molecular flexibility index (Phi) is 5.45. The van der Waals surface area contributed by atoms with Gasteiger partial charge in [0.1, 0.15) is 5.75 Å². The Bertz CT molecular complexity index is 350. The van der Waals surface area contributed by atoms with E-state index >= 15 is 0 Å². The molecule has 0 aromatic heterocycles. The Morgan fingerprint density at radius 2 is 2.06 bits per heavy atom. The van der Waals surface area contributed by atoms with Crippen LogP contribution in [0.15, 0.2) is 18.2 Å². The fourth-order valence-electron chi connectivity index (χ4n) is 1.63. The number of aryl methyl sites for hydroxylation is 1. The van der Waals surface area contributed by atoms with Gasteiger partial charge >= 0.3 is 0 Å². The van der Waals surface area contributed by atoms with Gasteiger partial charge in [-0.15, -0.1) is 0 Å². The van der Waals surface area contributed by atoms with Crippen molar-refractivity contribution in [2.75, 3.05) is 13.7 Å². The average Bonchev–Trinajstić information content (AvgIpc) is 2.29. The normalized spacial score (nSPS) is 14.4. The van der Waals surface area contributed by atoms with Gasteiger partial charge in [0.05, 0.1) is 12.7 Å². The Hall–Kier alpha value is -1.06. The summed E-state index contributed by atoms with van der Waals surface area (Å²) in [4.78, 5) is 0. The summed E-state index contributed by atoms with van der Waals surface area (Å²) in [6, 6.07) is 6.44. The van der Waals surface area contributed by atoms with Gasteiger partial charge in [-0.1, -0.05) is 17.7 Å². The summed E-state index contributed by atoms with van der Waals surface area (Å²) in [5, 5.41) is 12.4. The van der Waals surface area contributed by atoms with E-state index in [9.17, 15) is 5.11 Å². The van der Waals surface area contributed by atoms with E-state index in [4.69, 9.17) is 4.74 Å². The maximum Gasteiger partial charge on any atom is 0.124 e. The molecule has 2 unspecified atom stereocenters. The van der Waals surface area contributed by atoms with E-state index in [1.807, 2.05) is 19.2 Å². The molecule has 1 aromatic rings. The van der Waals surface area contributed by atoms with Gasteiger partial charge in [-0.25, -0.2) is 0 Å². The third-order valence-electron chi connectivity index (χ3n) is 2.86. The summed E-state index contributed by atoms with van der Waals surface area (Å²) in [5.74, 6) is 0.901. The Balaban J connectivity index is 2.76. The molecule has 1 aromatic carbocycles. The molecule has 3 heteroatoms. The first-order valence-corrected chi connectivity index (χ1v) is 6.13. The largest absolute Gasteiger partial charge is 0.493 e. The zero-order chi connectivity index (χ0) is 12.8. The van der Waals surface area contributed by atoms with Crippen LogP contribution >= 0.6 is 0 Å². The lowest BCUT2D eigenvalue weighted by molar-refractivity contribution is 0.155. The zero-order valence-electron chi connectivity index (χ0n) is 11.2. The van der Waals surface area contributed by atoms with E-state index in [0.29, 0.717) is 13.0 Å². The minimum atomic E-state index is -0.314. The first kappa shape index (κ1) is 14.0. The number of hydrogen-bond donors (Lipinski definition) is 2. The van der Waals surface area contributed by atoms with Crippen LogP contribution in [0.1, 0.15) is 37.4 Å². The predicted molar refractivity (Wildman–Crippen MR) is 70.4 cm³/mol. The van der Waals surface area contributed by atoms with Crippen LogP contribution in [0.2, 0.25) is 0 Å². The number of nitrogens with one attached hydrogen (secondary N) is 1. The minimum Gasteiger partial charge on any atom is -0.493 e. The molecule has 2 atom stereocenters. The molecule has 0 fully saturated rings. The lowest BCUT2D eigenvalue weighted by Gasteiger charge is -2.17. The van der Waals surface area contributed by atoms with Crippen LogP contribution in [0.4, 0.5) is 0 Å². The highest BCUT2D eigenvalue weighted by atomic mass is 16.5. The van der Waals surface area contributed by atoms with Crippen molar-refractivity contribution in [3.8, 4) is 5.75 Å². The third kappa shape index (κ3) is 4.36. The van der Waals surface area contributed by atoms with Crippen molar-refractivity contribution in [2.24, 2.45) is 0 Å². The van der Waals surface area contributed by atoms with E-state index in [1.54, 1.807) is 6.92 Å². The molecule has 3 nitrogen and oxygen atoms in total. The summed E-state index contributed by atoms with van der Waals surface area (Å²) in [6.07, 6.45) is 0.340. The Morgan fingerprint density at radius 3 is 2.65 bits per heavy atom. The van der Waals surface area contributed by atoms with Gasteiger partial charge in [0.15, 0.2) is 0 Å². The van der Waals surface area contributed by atoms with E-state index in [-0.39, 0.29) is 12.1 Å². The maximum atomic E-state index is 9.21. The molecule has 1 rings (SSSR count). The van der Waals surface area contributed by atoms with Crippen LogP contribution in [0, 0.1) is 6.92 Å². The predicted octanol–water partition coefficient (Wildman–Crippen LogP) is 2.43. The van der Waals surface area contributed by atoms with Crippen molar-refractivity contribution in [2.45, 2.75) is 39.3 Å². The van der Waals surface area contributed by atoms with E-state index in [2.05, 4.69) is 25.2 Å². The second-order valence-corrected chi connectivity index (χ2v) is 4.54. The molecule has 2 N–H and O–H groups in total. The Morgan fingerprint density at radius 1 is 1.35 bits per heavy atom. The summed E-state index contributed by atoms with van der Waals surface area (Å²) in [7, 11) is 1.94. The smallest absolute Gasteiger partial charge is 0.124 e. The standard InChI is InChI=1S/C14H23NO2/c1-10-5-6-14(17-8-7-11(2)16)13(9-10)12(3)15-4/h5-6,9,11-12,15-16H,7-8H2,1-4H3. The van der Waals surface area contributed by atoms with Crippen LogP contribution in [0.25, 0.3) is 0 Å². The third-order valence-corrected chi connectivity index (χ3v) is 2.86. The van der Waals surface area contributed by atoms with E-state index in [1.165, 1.54) is 5.56 Å². The highest BCUT2D eigenvalue weighted by Crippen LogP contribution is 2.26. The van der Waals surface area contributed by atoms with Crippen LogP contribution in [-0.2, 0) is 0 Å². The SMILES string of the molecule is CNC(C)c1cc(C)ccc1OCCC(C)O. The van der Waals surface area contributed by atoms with Crippen LogP contribution < -0.4 is 10.1 Å². The van der Waals surface area contributed by atoms with Gasteiger partial charge in [0.2, 0.25) is 0 Å². The zero-order valence-corrected chi connectivity index (χ0v) is 11.2. The number of benzene rings is 1. The summed E-state index contributed by atoms with van der Waals surface area (Å²) >= 11 is 0. The molecule has 96 valence electrons. The summed E-state index contributed by atoms with van der Waals surface area (Å²) in [6.45, 7) is 6.50. The number of hydrogen-bond acceptors (Lipinski definition) is 3. The summed E-state index contributed by atoms with van der Waals surface area (Å²) in [5.41, 5.74) is 2.39. The van der Waals surface area contributed by atoms with Gasteiger partial charge < -0.3 is 15.2 Å². The number of ether oxygens (including phenoxy) is 1. The van der Waals surface area contributed by atoms with Crippen molar-refractivity contribution >= 4 is 0 Å². The molecule has 0 radical (unpaired) electrons. The molecule has 17 heavy (non-hydrogen) atoms. The maximum absolute atomic E-state index is 9.21. The molecule has 0 saturated heterocycles. The minimum absolute atomic E-state index is 0.261. The van der Waals surface area contributed by atoms with Gasteiger partial charge in [0.25, 0.3) is 0 Å². The molecule has 0 amide bonds. The molecular weight excluding hydrogens is 214 g/mol. The van der Waals surface area contributed by atoms with Gasteiger partial charge in [0, 0.05) is 18.0 Å². The molecule has 0 aliphatic carbocycles. The number of aliphatic hydroxyl groups excluding tert-OH is 1. The monoisotopic (exact) mass is 237 g/mol. The Labute approximate surface area is 104 Å².